The van der Waals surface area contributed by atoms with E-state index >= 15 is 0 Å². The molecule has 3 aliphatic heterocycles. The number of benzene rings is 1. The predicted octanol–water partition coefficient (Wildman–Crippen LogP) is 2.37. The molecule has 0 amide bonds. The summed E-state index contributed by atoms with van der Waals surface area (Å²) in [5.41, 5.74) is 7.17. The van der Waals surface area contributed by atoms with Crippen molar-refractivity contribution in [3.63, 3.8) is 0 Å². The Morgan fingerprint density at radius 1 is 1.22 bits per heavy atom. The first-order valence-corrected chi connectivity index (χ1v) is 12.7. The van der Waals surface area contributed by atoms with E-state index in [0.29, 0.717) is 24.0 Å². The van der Waals surface area contributed by atoms with Crippen molar-refractivity contribution in [3.05, 3.63) is 40.4 Å². The molecule has 1 aromatic carbocycles. The molecule has 0 saturated carbocycles. The molecule has 2 aromatic rings. The third kappa shape index (κ3) is 5.26. The van der Waals surface area contributed by atoms with Crippen molar-refractivity contribution in [1.29, 1.82) is 5.41 Å². The second-order valence-electron chi connectivity index (χ2n) is 9.78. The van der Waals surface area contributed by atoms with Gasteiger partial charge in [-0.25, -0.2) is 4.79 Å². The van der Waals surface area contributed by atoms with Gasteiger partial charge in [-0.1, -0.05) is 12.5 Å². The van der Waals surface area contributed by atoms with Crippen LogP contribution < -0.4 is 26.8 Å². The van der Waals surface area contributed by atoms with Gasteiger partial charge in [-0.2, -0.15) is 4.98 Å². The Morgan fingerprint density at radius 2 is 2.00 bits per heavy atom. The van der Waals surface area contributed by atoms with E-state index < -0.39 is 0 Å². The van der Waals surface area contributed by atoms with Crippen LogP contribution in [0.5, 0.6) is 11.5 Å². The maximum absolute atomic E-state index is 12.9. The zero-order valence-corrected chi connectivity index (χ0v) is 20.5. The third-order valence-electron chi connectivity index (χ3n) is 7.46. The van der Waals surface area contributed by atoms with Crippen LogP contribution in [-0.4, -0.2) is 64.6 Å². The molecule has 0 unspecified atom stereocenters. The van der Waals surface area contributed by atoms with E-state index in [0.717, 1.165) is 76.3 Å². The highest BCUT2D eigenvalue weighted by Gasteiger charge is 2.26. The summed E-state index contributed by atoms with van der Waals surface area (Å²) in [6.45, 7) is 5.28. The van der Waals surface area contributed by atoms with E-state index in [2.05, 4.69) is 38.7 Å². The highest BCUT2D eigenvalue weighted by Crippen LogP contribution is 2.42. The van der Waals surface area contributed by atoms with Crippen molar-refractivity contribution >= 4 is 17.5 Å². The van der Waals surface area contributed by atoms with Gasteiger partial charge in [0.25, 0.3) is 0 Å². The first-order chi connectivity index (χ1) is 17.5. The highest BCUT2D eigenvalue weighted by atomic mass is 16.5. The summed E-state index contributed by atoms with van der Waals surface area (Å²) in [7, 11) is 0. The van der Waals surface area contributed by atoms with Crippen LogP contribution in [0.3, 0.4) is 0 Å². The van der Waals surface area contributed by atoms with Gasteiger partial charge >= 0.3 is 5.69 Å². The van der Waals surface area contributed by atoms with Crippen molar-refractivity contribution in [2.24, 2.45) is 5.73 Å². The Balaban J connectivity index is 1.22. The molecule has 2 fully saturated rings. The minimum Gasteiger partial charge on any atom is -0.450 e. The number of nitrogens with two attached hydrogens (primary N) is 1. The monoisotopic (exact) mass is 490 g/mol. The van der Waals surface area contributed by atoms with E-state index in [1.54, 1.807) is 10.8 Å². The van der Waals surface area contributed by atoms with Crippen molar-refractivity contribution in [1.82, 2.24) is 24.7 Å². The summed E-state index contributed by atoms with van der Waals surface area (Å²) in [4.78, 5) is 21.7. The molecule has 0 bridgehead atoms. The summed E-state index contributed by atoms with van der Waals surface area (Å²) in [6.07, 6.45) is 12.1. The lowest BCUT2D eigenvalue weighted by atomic mass is 9.89. The van der Waals surface area contributed by atoms with E-state index in [1.165, 1.54) is 5.56 Å². The topological polar surface area (TPSA) is 125 Å². The summed E-state index contributed by atoms with van der Waals surface area (Å²) in [6, 6.07) is 9.08. The lowest BCUT2D eigenvalue weighted by Gasteiger charge is -2.33. The van der Waals surface area contributed by atoms with Gasteiger partial charge in [-0.3, -0.25) is 9.98 Å². The molecule has 0 spiro atoms. The number of likely N-dealkylation sites (tertiary alicyclic amines) is 2. The molecule has 190 valence electrons. The van der Waals surface area contributed by atoms with Crippen LogP contribution in [0.25, 0.3) is 0 Å². The van der Waals surface area contributed by atoms with Gasteiger partial charge in [0.1, 0.15) is 0 Å². The number of ether oxygens (including phenoxy) is 1. The molecule has 1 aromatic heterocycles. The third-order valence-corrected chi connectivity index (χ3v) is 7.46. The van der Waals surface area contributed by atoms with Gasteiger partial charge in [-0.15, -0.1) is 0 Å². The van der Waals surface area contributed by atoms with Crippen molar-refractivity contribution < 1.29 is 4.74 Å². The van der Waals surface area contributed by atoms with Crippen LogP contribution in [0.15, 0.2) is 29.2 Å². The minimum atomic E-state index is -0.254. The number of aromatic nitrogens is 2. The van der Waals surface area contributed by atoms with Gasteiger partial charge in [0.15, 0.2) is 23.3 Å². The Kier molecular flexibility index (Phi) is 7.00. The van der Waals surface area contributed by atoms with Crippen LogP contribution in [0.4, 0.5) is 11.5 Å². The minimum absolute atomic E-state index is 0.00846. The van der Waals surface area contributed by atoms with Crippen LogP contribution in [0, 0.1) is 17.9 Å². The normalized spacial score (nSPS) is 18.4. The zero-order chi connectivity index (χ0) is 25.1. The van der Waals surface area contributed by atoms with Gasteiger partial charge in [0.05, 0.1) is 11.9 Å². The molecule has 5 N–H and O–H groups in total. The molecule has 4 heterocycles. The summed E-state index contributed by atoms with van der Waals surface area (Å²) < 4.78 is 7.91. The second kappa shape index (κ2) is 10.5. The molecule has 0 radical (unpaired) electrons. The number of fused-ring (bicyclic) bond motifs is 2. The average molecular weight is 491 g/mol. The van der Waals surface area contributed by atoms with Crippen molar-refractivity contribution in [3.8, 4) is 24.0 Å². The maximum atomic E-state index is 12.9. The van der Waals surface area contributed by atoms with E-state index in [9.17, 15) is 4.79 Å². The second-order valence-corrected chi connectivity index (χ2v) is 9.78. The quantitative estimate of drug-likeness (QED) is 0.180. The van der Waals surface area contributed by atoms with Crippen LogP contribution in [-0.2, 0) is 0 Å². The zero-order valence-electron chi connectivity index (χ0n) is 20.5. The maximum Gasteiger partial charge on any atom is 0.350 e. The predicted molar refractivity (Wildman–Crippen MR) is 140 cm³/mol. The van der Waals surface area contributed by atoms with Gasteiger partial charge in [-0.05, 0) is 62.3 Å². The van der Waals surface area contributed by atoms with Gasteiger partial charge in [0, 0.05) is 44.8 Å². The van der Waals surface area contributed by atoms with E-state index in [-0.39, 0.29) is 17.7 Å². The van der Waals surface area contributed by atoms with Crippen molar-refractivity contribution in [2.45, 2.75) is 44.1 Å². The molecule has 2 saturated heterocycles. The lowest BCUT2D eigenvalue weighted by molar-refractivity contribution is 0.182. The highest BCUT2D eigenvalue weighted by molar-refractivity contribution is 5.74. The number of piperidine rings is 2. The van der Waals surface area contributed by atoms with E-state index in [4.69, 9.17) is 22.3 Å². The number of guanidine groups is 1. The first kappa shape index (κ1) is 24.0. The molecule has 3 aliphatic rings. The number of terminal acetylenes is 1. The van der Waals surface area contributed by atoms with Gasteiger partial charge in [0.2, 0.25) is 0 Å². The molecule has 5 rings (SSSR count). The SMILES string of the molecule is C#CN1CCC(c2ccc3c(c2)Nc2nc(=O)n(C4CCN(CCCNC(=N)N)CC4)cc2O3)CC1. The Hall–Kier alpha value is -3.71. The molecular weight excluding hydrogens is 456 g/mol. The molecular formula is C26H34N8O2. The van der Waals surface area contributed by atoms with Crippen LogP contribution in [0.2, 0.25) is 0 Å². The van der Waals surface area contributed by atoms with Crippen LogP contribution in [0.1, 0.15) is 49.6 Å². The summed E-state index contributed by atoms with van der Waals surface area (Å²) >= 11 is 0. The Labute approximate surface area is 211 Å². The number of hydrogen-bond acceptors (Lipinski definition) is 7. The number of hydrogen-bond donors (Lipinski definition) is 4. The van der Waals surface area contributed by atoms with Gasteiger partial charge < -0.3 is 30.9 Å². The fraction of sp³-hybridized carbons (Fsp3) is 0.500. The standard InChI is InChI=1S/C26H34N8O2/c1-2-32-12-6-18(7-13-32)19-4-5-22-21(16-19)30-24-23(36-22)17-34(26(35)31-24)20-8-14-33(15-9-20)11-3-10-29-25(27)28/h1,4-5,16-18,20H,3,6-15H2,(H4,27,28,29)(H,30,31,35). The summed E-state index contributed by atoms with van der Waals surface area (Å²) in [5, 5.41) is 13.4. The molecule has 0 aliphatic carbocycles. The number of anilines is 2. The molecule has 10 heteroatoms. The summed E-state index contributed by atoms with van der Waals surface area (Å²) in [5.74, 6) is 2.26. The van der Waals surface area contributed by atoms with Crippen molar-refractivity contribution in [2.75, 3.05) is 44.6 Å². The Morgan fingerprint density at radius 3 is 2.72 bits per heavy atom. The number of nitrogens with one attached hydrogen (secondary N) is 3. The molecule has 10 nitrogen and oxygen atoms in total. The van der Waals surface area contributed by atoms with Crippen LogP contribution >= 0.6 is 0 Å². The fourth-order valence-electron chi connectivity index (χ4n) is 5.40. The van der Waals surface area contributed by atoms with E-state index in [1.807, 2.05) is 11.0 Å². The number of rotatable bonds is 6. The molecule has 0 atom stereocenters. The largest absolute Gasteiger partial charge is 0.450 e. The lowest BCUT2D eigenvalue weighted by Crippen LogP contribution is -2.39. The average Bonchev–Trinajstić information content (AvgIpc) is 2.90. The fourth-order valence-corrected chi connectivity index (χ4v) is 5.40. The molecule has 36 heavy (non-hydrogen) atoms. The number of nitrogens with zero attached hydrogens (tertiary/aromatic N) is 4. The smallest absolute Gasteiger partial charge is 0.350 e. The first-order valence-electron chi connectivity index (χ1n) is 12.7. The Bertz CT molecular complexity index is 1200.